The third-order valence-electron chi connectivity index (χ3n) is 5.55. The summed E-state index contributed by atoms with van der Waals surface area (Å²) in [5.41, 5.74) is 1.44. The maximum atomic E-state index is 12.2. The van der Waals surface area contributed by atoms with Crippen molar-refractivity contribution in [3.8, 4) is 5.75 Å². The number of benzene rings is 1. The number of carboxylic acids is 1. The topological polar surface area (TPSA) is 46.5 Å². The van der Waals surface area contributed by atoms with E-state index in [1.165, 1.54) is 29.9 Å². The fraction of sp³-hybridized carbons (Fsp3) is 0.632. The molecule has 0 spiro atoms. The Morgan fingerprint density at radius 1 is 1.22 bits per heavy atom. The maximum Gasteiger partial charge on any atom is 0.314 e. The van der Waals surface area contributed by atoms with Crippen LogP contribution in [0.2, 0.25) is 0 Å². The van der Waals surface area contributed by atoms with E-state index in [0.29, 0.717) is 5.92 Å². The Morgan fingerprint density at radius 3 is 2.52 bits per heavy atom. The van der Waals surface area contributed by atoms with Crippen molar-refractivity contribution in [1.82, 2.24) is 0 Å². The molecule has 1 aliphatic heterocycles. The first kappa shape index (κ1) is 16.7. The summed E-state index contributed by atoms with van der Waals surface area (Å²) in [4.78, 5) is 12.2. The highest BCUT2D eigenvalue weighted by molar-refractivity contribution is 7.99. The van der Waals surface area contributed by atoms with Gasteiger partial charge in [0.15, 0.2) is 0 Å². The van der Waals surface area contributed by atoms with E-state index in [2.05, 4.69) is 12.1 Å². The van der Waals surface area contributed by atoms with Gasteiger partial charge < -0.3 is 9.84 Å². The van der Waals surface area contributed by atoms with Gasteiger partial charge in [0.2, 0.25) is 0 Å². The van der Waals surface area contributed by atoms with Crippen LogP contribution < -0.4 is 4.74 Å². The third kappa shape index (κ3) is 3.23. The van der Waals surface area contributed by atoms with Crippen molar-refractivity contribution in [2.75, 3.05) is 18.6 Å². The summed E-state index contributed by atoms with van der Waals surface area (Å²) in [6.07, 6.45) is 6.94. The van der Waals surface area contributed by atoms with E-state index < -0.39 is 11.4 Å². The predicted molar refractivity (Wildman–Crippen MR) is 94.7 cm³/mol. The molecule has 23 heavy (non-hydrogen) atoms. The third-order valence-corrected chi connectivity index (χ3v) is 6.60. The molecule has 1 aromatic carbocycles. The lowest BCUT2D eigenvalue weighted by Gasteiger charge is -2.35. The van der Waals surface area contributed by atoms with Gasteiger partial charge in [-0.25, -0.2) is 0 Å². The second kappa shape index (κ2) is 7.16. The molecule has 3 nitrogen and oxygen atoms in total. The molecule has 0 bridgehead atoms. The summed E-state index contributed by atoms with van der Waals surface area (Å²) in [6.45, 7) is 0. The number of carboxylic acid groups (broad SMARTS) is 1. The quantitative estimate of drug-likeness (QED) is 0.874. The highest BCUT2D eigenvalue weighted by atomic mass is 32.2. The van der Waals surface area contributed by atoms with Crippen LogP contribution >= 0.6 is 11.8 Å². The Balaban J connectivity index is 2.02. The number of rotatable bonds is 4. The molecule has 0 unspecified atom stereocenters. The molecule has 0 radical (unpaired) electrons. The molecule has 4 heteroatoms. The van der Waals surface area contributed by atoms with Crippen LogP contribution in [0.25, 0.3) is 0 Å². The molecule has 3 rings (SSSR count). The normalized spacial score (nSPS) is 21.8. The van der Waals surface area contributed by atoms with Gasteiger partial charge in [0, 0.05) is 5.56 Å². The lowest BCUT2D eigenvalue weighted by molar-refractivity contribution is -0.145. The van der Waals surface area contributed by atoms with E-state index in [4.69, 9.17) is 4.74 Å². The summed E-state index contributed by atoms with van der Waals surface area (Å²) in [5.74, 6) is 3.03. The van der Waals surface area contributed by atoms with Crippen LogP contribution in [-0.4, -0.2) is 29.7 Å². The molecule has 1 N–H and O–H groups in total. The number of hydrogen-bond acceptors (Lipinski definition) is 3. The Hall–Kier alpha value is -1.16. The molecule has 1 aliphatic carbocycles. The minimum Gasteiger partial charge on any atom is -0.496 e. The first-order valence-electron chi connectivity index (χ1n) is 8.67. The maximum absolute atomic E-state index is 12.2. The van der Waals surface area contributed by atoms with Gasteiger partial charge in [-0.15, -0.1) is 0 Å². The summed E-state index contributed by atoms with van der Waals surface area (Å²) in [5, 5.41) is 10.0. The van der Waals surface area contributed by atoms with Gasteiger partial charge >= 0.3 is 5.97 Å². The van der Waals surface area contributed by atoms with Crippen molar-refractivity contribution in [1.29, 1.82) is 0 Å². The lowest BCUT2D eigenvalue weighted by atomic mass is 9.68. The van der Waals surface area contributed by atoms with Gasteiger partial charge in [0.05, 0.1) is 12.5 Å². The average molecular weight is 334 g/mol. The Morgan fingerprint density at radius 2 is 1.91 bits per heavy atom. The fourth-order valence-corrected chi connectivity index (χ4v) is 5.24. The molecule has 2 fully saturated rings. The number of ether oxygens (including phenoxy) is 1. The van der Waals surface area contributed by atoms with Crippen LogP contribution in [0, 0.1) is 0 Å². The van der Waals surface area contributed by atoms with E-state index in [9.17, 15) is 9.90 Å². The molecule has 0 aromatic heterocycles. The van der Waals surface area contributed by atoms with Crippen molar-refractivity contribution in [2.24, 2.45) is 0 Å². The van der Waals surface area contributed by atoms with Crippen molar-refractivity contribution in [2.45, 2.75) is 56.3 Å². The van der Waals surface area contributed by atoms with Crippen molar-refractivity contribution in [3.63, 3.8) is 0 Å². The molecule has 2 aliphatic rings. The monoisotopic (exact) mass is 334 g/mol. The van der Waals surface area contributed by atoms with Crippen LogP contribution in [0.1, 0.15) is 62.0 Å². The molecule has 1 aromatic rings. The molecule has 0 atom stereocenters. The molecule has 0 amide bonds. The van der Waals surface area contributed by atoms with Crippen molar-refractivity contribution in [3.05, 3.63) is 29.3 Å². The minimum atomic E-state index is -0.761. The first-order valence-corrected chi connectivity index (χ1v) is 9.82. The number of carbonyl (C=O) groups is 1. The Bertz CT molecular complexity index is 558. The highest BCUT2D eigenvalue weighted by Crippen LogP contribution is 2.45. The zero-order valence-electron chi connectivity index (χ0n) is 13.8. The molecule has 1 saturated carbocycles. The summed E-state index contributed by atoms with van der Waals surface area (Å²) < 4.78 is 5.55. The number of thioether (sulfide) groups is 1. The van der Waals surface area contributed by atoms with Crippen LogP contribution in [0.3, 0.4) is 0 Å². The number of aliphatic carboxylic acids is 1. The van der Waals surface area contributed by atoms with E-state index in [0.717, 1.165) is 43.4 Å². The largest absolute Gasteiger partial charge is 0.496 e. The van der Waals surface area contributed by atoms with Crippen LogP contribution in [0.4, 0.5) is 0 Å². The van der Waals surface area contributed by atoms with E-state index in [1.807, 2.05) is 17.8 Å². The summed E-state index contributed by atoms with van der Waals surface area (Å²) in [7, 11) is 1.65. The van der Waals surface area contributed by atoms with Gasteiger partial charge in [0.25, 0.3) is 0 Å². The molecular formula is C19H26O3S. The molecule has 1 saturated heterocycles. The number of hydrogen-bond donors (Lipinski definition) is 1. The zero-order chi connectivity index (χ0) is 16.3. The minimum absolute atomic E-state index is 0.565. The molecular weight excluding hydrogens is 308 g/mol. The second-order valence-corrected chi connectivity index (χ2v) is 8.02. The van der Waals surface area contributed by atoms with Crippen LogP contribution in [-0.2, 0) is 10.2 Å². The number of methoxy groups -OCH3 is 1. The van der Waals surface area contributed by atoms with Gasteiger partial charge in [-0.2, -0.15) is 11.8 Å². The highest BCUT2D eigenvalue weighted by Gasteiger charge is 2.43. The average Bonchev–Trinajstić information content (AvgIpc) is 2.62. The fourth-order valence-electron chi connectivity index (χ4n) is 4.14. The van der Waals surface area contributed by atoms with Crippen molar-refractivity contribution >= 4 is 17.7 Å². The van der Waals surface area contributed by atoms with Gasteiger partial charge in [-0.1, -0.05) is 31.4 Å². The molecule has 126 valence electrons. The van der Waals surface area contributed by atoms with E-state index in [-0.39, 0.29) is 0 Å². The van der Waals surface area contributed by atoms with Gasteiger partial charge in [0.1, 0.15) is 5.75 Å². The lowest BCUT2D eigenvalue weighted by Crippen LogP contribution is -2.38. The Labute approximate surface area is 142 Å². The van der Waals surface area contributed by atoms with E-state index >= 15 is 0 Å². The summed E-state index contributed by atoms with van der Waals surface area (Å²) in [6, 6.07) is 6.28. The van der Waals surface area contributed by atoms with Gasteiger partial charge in [-0.3, -0.25) is 4.79 Å². The second-order valence-electron chi connectivity index (χ2n) is 6.79. The smallest absolute Gasteiger partial charge is 0.314 e. The van der Waals surface area contributed by atoms with E-state index in [1.54, 1.807) is 7.11 Å². The van der Waals surface area contributed by atoms with Crippen LogP contribution in [0.5, 0.6) is 5.75 Å². The SMILES string of the molecule is COc1ccc(C2CCSCC2)cc1C1(C(=O)O)CCCCC1. The summed E-state index contributed by atoms with van der Waals surface area (Å²) >= 11 is 2.02. The Kier molecular flexibility index (Phi) is 5.20. The first-order chi connectivity index (χ1) is 11.2. The van der Waals surface area contributed by atoms with Gasteiger partial charge in [-0.05, 0) is 54.7 Å². The van der Waals surface area contributed by atoms with Crippen molar-refractivity contribution < 1.29 is 14.6 Å². The zero-order valence-corrected chi connectivity index (χ0v) is 14.7. The predicted octanol–water partition coefficient (Wildman–Crippen LogP) is 4.59. The molecule has 1 heterocycles. The van der Waals surface area contributed by atoms with Crippen LogP contribution in [0.15, 0.2) is 18.2 Å². The standard InChI is InChI=1S/C19H26O3S/c1-22-17-6-5-15(14-7-11-23-12-8-14)13-16(17)19(18(20)21)9-3-2-4-10-19/h5-6,13-14H,2-4,7-12H2,1H3,(H,20,21).